The zero-order valence-electron chi connectivity index (χ0n) is 17.2. The van der Waals surface area contributed by atoms with Crippen LogP contribution in [0.25, 0.3) is 22.3 Å². The highest BCUT2D eigenvalue weighted by Gasteiger charge is 2.09. The average molecular weight is 415 g/mol. The zero-order valence-corrected chi connectivity index (χ0v) is 17.2. The van der Waals surface area contributed by atoms with Gasteiger partial charge in [0.25, 0.3) is 5.91 Å². The average Bonchev–Trinajstić information content (AvgIpc) is 2.82. The van der Waals surface area contributed by atoms with Crippen molar-refractivity contribution in [1.29, 1.82) is 0 Å². The van der Waals surface area contributed by atoms with Crippen LogP contribution in [0.3, 0.4) is 0 Å². The minimum Gasteiger partial charge on any atom is -0.493 e. The van der Waals surface area contributed by atoms with Crippen LogP contribution in [0.5, 0.6) is 17.2 Å². The standard InChI is InChI=1S/C24H21N3O4/c1-29-22-12-9-17(13-23(22)30-2)26-24(28)15-31-18-10-7-16(8-11-18)21-14-25-19-5-3-4-6-20(19)27-21/h3-14H,15H2,1-2H3,(H,26,28). The van der Waals surface area contributed by atoms with Crippen molar-refractivity contribution in [1.82, 2.24) is 9.97 Å². The number of benzene rings is 3. The quantitative estimate of drug-likeness (QED) is 0.484. The molecule has 3 aromatic carbocycles. The number of carbonyl (C=O) groups is 1. The second-order valence-corrected chi connectivity index (χ2v) is 6.67. The first-order chi connectivity index (χ1) is 15.2. The van der Waals surface area contributed by atoms with Crippen molar-refractivity contribution in [3.05, 3.63) is 72.9 Å². The molecule has 0 atom stereocenters. The molecule has 4 aromatic rings. The van der Waals surface area contributed by atoms with E-state index in [0.717, 1.165) is 22.3 Å². The molecule has 1 amide bonds. The van der Waals surface area contributed by atoms with Crippen LogP contribution in [-0.4, -0.2) is 36.7 Å². The molecule has 0 aliphatic carbocycles. The molecule has 31 heavy (non-hydrogen) atoms. The maximum absolute atomic E-state index is 12.2. The Balaban J connectivity index is 1.37. The van der Waals surface area contributed by atoms with Gasteiger partial charge in [-0.25, -0.2) is 4.98 Å². The smallest absolute Gasteiger partial charge is 0.262 e. The number of rotatable bonds is 7. The Hall–Kier alpha value is -4.13. The van der Waals surface area contributed by atoms with Crippen molar-refractivity contribution in [3.63, 3.8) is 0 Å². The molecule has 0 spiro atoms. The minimum atomic E-state index is -0.281. The summed E-state index contributed by atoms with van der Waals surface area (Å²) < 4.78 is 16.0. The summed E-state index contributed by atoms with van der Waals surface area (Å²) in [4.78, 5) is 21.3. The summed E-state index contributed by atoms with van der Waals surface area (Å²) in [6, 6.07) is 20.3. The van der Waals surface area contributed by atoms with Crippen molar-refractivity contribution >= 4 is 22.6 Å². The third-order valence-electron chi connectivity index (χ3n) is 4.64. The number of anilines is 1. The third kappa shape index (κ3) is 4.72. The maximum Gasteiger partial charge on any atom is 0.262 e. The fourth-order valence-corrected chi connectivity index (χ4v) is 3.08. The number of nitrogens with zero attached hydrogens (tertiary/aromatic N) is 2. The molecular weight excluding hydrogens is 394 g/mol. The molecule has 0 saturated heterocycles. The van der Waals surface area contributed by atoms with Gasteiger partial charge in [-0.2, -0.15) is 0 Å². The summed E-state index contributed by atoms with van der Waals surface area (Å²) in [5, 5.41) is 2.77. The van der Waals surface area contributed by atoms with E-state index in [1.165, 1.54) is 0 Å². The molecule has 156 valence electrons. The molecule has 0 bridgehead atoms. The number of hydrogen-bond donors (Lipinski definition) is 1. The number of ether oxygens (including phenoxy) is 3. The number of para-hydroxylation sites is 2. The van der Waals surface area contributed by atoms with Gasteiger partial charge in [0.2, 0.25) is 0 Å². The number of fused-ring (bicyclic) bond motifs is 1. The molecule has 1 N–H and O–H groups in total. The van der Waals surface area contributed by atoms with Crippen LogP contribution in [0.4, 0.5) is 5.69 Å². The predicted octanol–water partition coefficient (Wildman–Crippen LogP) is 4.33. The summed E-state index contributed by atoms with van der Waals surface area (Å²) in [6.45, 7) is -0.122. The minimum absolute atomic E-state index is 0.122. The van der Waals surface area contributed by atoms with Crippen LogP contribution in [0.15, 0.2) is 72.9 Å². The Labute approximate surface area is 179 Å². The van der Waals surface area contributed by atoms with Crippen molar-refractivity contribution in [2.45, 2.75) is 0 Å². The van der Waals surface area contributed by atoms with Crippen LogP contribution in [0.2, 0.25) is 0 Å². The molecule has 1 heterocycles. The van der Waals surface area contributed by atoms with E-state index < -0.39 is 0 Å². The van der Waals surface area contributed by atoms with E-state index in [0.29, 0.717) is 22.9 Å². The van der Waals surface area contributed by atoms with Gasteiger partial charge in [-0.05, 0) is 48.5 Å². The van der Waals surface area contributed by atoms with E-state index >= 15 is 0 Å². The molecular formula is C24H21N3O4. The molecule has 0 radical (unpaired) electrons. The summed E-state index contributed by atoms with van der Waals surface area (Å²) in [5.74, 6) is 1.43. The van der Waals surface area contributed by atoms with Gasteiger partial charge in [0.1, 0.15) is 5.75 Å². The number of nitrogens with one attached hydrogen (secondary N) is 1. The second kappa shape index (κ2) is 9.13. The molecule has 0 fully saturated rings. The first-order valence-electron chi connectivity index (χ1n) is 9.63. The lowest BCUT2D eigenvalue weighted by molar-refractivity contribution is -0.118. The predicted molar refractivity (Wildman–Crippen MR) is 119 cm³/mol. The molecule has 7 nitrogen and oxygen atoms in total. The molecule has 7 heteroatoms. The van der Waals surface area contributed by atoms with Crippen molar-refractivity contribution in [2.75, 3.05) is 26.1 Å². The topological polar surface area (TPSA) is 82.6 Å². The summed E-state index contributed by atoms with van der Waals surface area (Å²) >= 11 is 0. The Kier molecular flexibility index (Phi) is 5.93. The molecule has 1 aromatic heterocycles. The van der Waals surface area contributed by atoms with E-state index in [-0.39, 0.29) is 12.5 Å². The highest BCUT2D eigenvalue weighted by atomic mass is 16.5. The number of hydrogen-bond acceptors (Lipinski definition) is 6. The lowest BCUT2D eigenvalue weighted by atomic mass is 10.1. The van der Waals surface area contributed by atoms with Crippen molar-refractivity contribution in [3.8, 4) is 28.5 Å². The van der Waals surface area contributed by atoms with Gasteiger partial charge in [-0.3, -0.25) is 9.78 Å². The molecule has 0 saturated carbocycles. The summed E-state index contributed by atoms with van der Waals surface area (Å²) in [7, 11) is 3.10. The Bertz CT molecular complexity index is 1210. The Morgan fingerprint density at radius 2 is 1.65 bits per heavy atom. The first kappa shape index (κ1) is 20.2. The van der Waals surface area contributed by atoms with Gasteiger partial charge in [0, 0.05) is 17.3 Å². The highest BCUT2D eigenvalue weighted by Crippen LogP contribution is 2.29. The third-order valence-corrected chi connectivity index (χ3v) is 4.64. The van der Waals surface area contributed by atoms with Crippen LogP contribution in [-0.2, 0) is 4.79 Å². The molecule has 0 unspecified atom stereocenters. The van der Waals surface area contributed by atoms with Gasteiger partial charge in [0.15, 0.2) is 18.1 Å². The number of aromatic nitrogens is 2. The van der Waals surface area contributed by atoms with E-state index in [1.807, 2.05) is 36.4 Å². The molecule has 4 rings (SSSR count). The highest BCUT2D eigenvalue weighted by molar-refractivity contribution is 5.92. The van der Waals surface area contributed by atoms with Crippen molar-refractivity contribution < 1.29 is 19.0 Å². The summed E-state index contributed by atoms with van der Waals surface area (Å²) in [6.07, 6.45) is 1.74. The molecule has 0 aliphatic heterocycles. The van der Waals surface area contributed by atoms with Crippen molar-refractivity contribution in [2.24, 2.45) is 0 Å². The normalized spacial score (nSPS) is 10.5. The monoisotopic (exact) mass is 415 g/mol. The number of carbonyl (C=O) groups excluding carboxylic acids is 1. The van der Waals surface area contributed by atoms with Crippen LogP contribution in [0.1, 0.15) is 0 Å². The SMILES string of the molecule is COc1ccc(NC(=O)COc2ccc(-c3cnc4ccccc4n3)cc2)cc1OC. The van der Waals surface area contributed by atoms with Crippen LogP contribution < -0.4 is 19.5 Å². The summed E-state index contributed by atoms with van der Waals surface area (Å²) in [5.41, 5.74) is 3.98. The zero-order chi connectivity index (χ0) is 21.6. The maximum atomic E-state index is 12.2. The Morgan fingerprint density at radius 3 is 2.39 bits per heavy atom. The fraction of sp³-hybridized carbons (Fsp3) is 0.125. The van der Waals surface area contributed by atoms with E-state index in [4.69, 9.17) is 14.2 Å². The van der Waals surface area contributed by atoms with Gasteiger partial charge < -0.3 is 19.5 Å². The lowest BCUT2D eigenvalue weighted by Gasteiger charge is -2.11. The van der Waals surface area contributed by atoms with Gasteiger partial charge in [-0.15, -0.1) is 0 Å². The van der Waals surface area contributed by atoms with Gasteiger partial charge in [-0.1, -0.05) is 12.1 Å². The first-order valence-corrected chi connectivity index (χ1v) is 9.63. The second-order valence-electron chi connectivity index (χ2n) is 6.67. The van der Waals surface area contributed by atoms with E-state index in [9.17, 15) is 4.79 Å². The van der Waals surface area contributed by atoms with Crippen LogP contribution >= 0.6 is 0 Å². The van der Waals surface area contributed by atoms with E-state index in [1.54, 1.807) is 50.7 Å². The largest absolute Gasteiger partial charge is 0.493 e. The number of methoxy groups -OCH3 is 2. The number of amides is 1. The Morgan fingerprint density at radius 1 is 0.903 bits per heavy atom. The van der Waals surface area contributed by atoms with Crippen LogP contribution in [0, 0.1) is 0 Å². The fourth-order valence-electron chi connectivity index (χ4n) is 3.08. The van der Waals surface area contributed by atoms with Gasteiger partial charge >= 0.3 is 0 Å². The van der Waals surface area contributed by atoms with E-state index in [2.05, 4.69) is 15.3 Å². The molecule has 0 aliphatic rings. The van der Waals surface area contributed by atoms with Gasteiger partial charge in [0.05, 0.1) is 37.1 Å². The lowest BCUT2D eigenvalue weighted by Crippen LogP contribution is -2.20.